The lowest BCUT2D eigenvalue weighted by Gasteiger charge is -2.08. The van der Waals surface area contributed by atoms with E-state index >= 15 is 0 Å². The van der Waals surface area contributed by atoms with Crippen LogP contribution in [0.3, 0.4) is 0 Å². The summed E-state index contributed by atoms with van der Waals surface area (Å²) < 4.78 is 62.4. The van der Waals surface area contributed by atoms with E-state index < -0.39 is 22.5 Å². The van der Waals surface area contributed by atoms with Crippen molar-refractivity contribution in [1.29, 1.82) is 0 Å². The zero-order valence-corrected chi connectivity index (χ0v) is 11.7. The molecule has 1 nitrogen and oxygen atoms in total. The van der Waals surface area contributed by atoms with E-state index in [0.717, 1.165) is 12.1 Å². The van der Waals surface area contributed by atoms with E-state index in [1.807, 2.05) is 0 Å². The van der Waals surface area contributed by atoms with E-state index in [2.05, 4.69) is 0 Å². The molecular formula is C15H12F4OS. The van der Waals surface area contributed by atoms with E-state index in [0.29, 0.717) is 11.1 Å². The number of hydrogen-bond acceptors (Lipinski definition) is 1. The Balaban J connectivity index is 2.04. The molecule has 0 fully saturated rings. The third-order valence-corrected chi connectivity index (χ3v) is 4.13. The van der Waals surface area contributed by atoms with Gasteiger partial charge in [-0.2, -0.15) is 13.2 Å². The van der Waals surface area contributed by atoms with Gasteiger partial charge in [0.2, 0.25) is 0 Å². The molecule has 0 bridgehead atoms. The third kappa shape index (κ3) is 4.67. The average molecular weight is 316 g/mol. The molecule has 0 aromatic heterocycles. The minimum absolute atomic E-state index is 0.0291. The van der Waals surface area contributed by atoms with Gasteiger partial charge in [0, 0.05) is 22.3 Å². The first-order valence-corrected chi connectivity index (χ1v) is 7.59. The topological polar surface area (TPSA) is 17.1 Å². The minimum Gasteiger partial charge on any atom is -0.259 e. The second kappa shape index (κ2) is 6.39. The maximum atomic E-state index is 12.7. The standard InChI is InChI=1S/C15H12F4OS/c16-14-6-4-11(5-7-14)9-21(20)10-12-2-1-3-13(8-12)15(17,18)19/h1-8H,9-10H2/t21-/m1/s1. The maximum absolute atomic E-state index is 12.7. The SMILES string of the molecule is O=[S@](Cc1ccc(F)cc1)Cc1cccc(C(F)(F)F)c1. The molecule has 0 radical (unpaired) electrons. The van der Waals surface area contributed by atoms with Crippen LogP contribution >= 0.6 is 0 Å². The fourth-order valence-electron chi connectivity index (χ4n) is 1.84. The van der Waals surface area contributed by atoms with Crippen LogP contribution in [0.1, 0.15) is 16.7 Å². The first-order chi connectivity index (χ1) is 9.84. The number of benzene rings is 2. The van der Waals surface area contributed by atoms with Gasteiger partial charge in [0.15, 0.2) is 0 Å². The third-order valence-electron chi connectivity index (χ3n) is 2.82. The van der Waals surface area contributed by atoms with Crippen LogP contribution in [0.25, 0.3) is 0 Å². The van der Waals surface area contributed by atoms with Crippen LogP contribution in [0.15, 0.2) is 48.5 Å². The summed E-state index contributed by atoms with van der Waals surface area (Å²) in [4.78, 5) is 0. The molecule has 0 N–H and O–H groups in total. The van der Waals surface area contributed by atoms with Gasteiger partial charge in [-0.05, 0) is 29.3 Å². The average Bonchev–Trinajstić information content (AvgIpc) is 2.41. The second-order valence-electron chi connectivity index (χ2n) is 4.55. The molecule has 0 aliphatic carbocycles. The van der Waals surface area contributed by atoms with Gasteiger partial charge in [-0.15, -0.1) is 0 Å². The Morgan fingerprint density at radius 3 is 2.14 bits per heavy atom. The number of hydrogen-bond donors (Lipinski definition) is 0. The predicted molar refractivity (Wildman–Crippen MR) is 73.4 cm³/mol. The van der Waals surface area contributed by atoms with Crippen molar-refractivity contribution in [1.82, 2.24) is 0 Å². The van der Waals surface area contributed by atoms with E-state index in [9.17, 15) is 21.8 Å². The molecule has 6 heteroatoms. The van der Waals surface area contributed by atoms with Gasteiger partial charge in [0.25, 0.3) is 0 Å². The first kappa shape index (κ1) is 15.7. The number of alkyl halides is 3. The van der Waals surface area contributed by atoms with Crippen LogP contribution < -0.4 is 0 Å². The highest BCUT2D eigenvalue weighted by Crippen LogP contribution is 2.29. The molecule has 2 rings (SSSR count). The highest BCUT2D eigenvalue weighted by atomic mass is 32.2. The predicted octanol–water partition coefficient (Wildman–Crippen LogP) is 4.29. The van der Waals surface area contributed by atoms with Crippen LogP contribution in [0.2, 0.25) is 0 Å². The van der Waals surface area contributed by atoms with Crippen LogP contribution in [0, 0.1) is 5.82 Å². The molecule has 112 valence electrons. The summed E-state index contributed by atoms with van der Waals surface area (Å²) >= 11 is 0. The van der Waals surface area contributed by atoms with E-state index in [1.165, 1.54) is 36.4 Å². The summed E-state index contributed by atoms with van der Waals surface area (Å²) in [6.07, 6.45) is -4.41. The Morgan fingerprint density at radius 2 is 1.52 bits per heavy atom. The number of rotatable bonds is 4. The van der Waals surface area contributed by atoms with E-state index in [1.54, 1.807) is 0 Å². The zero-order valence-electron chi connectivity index (χ0n) is 10.9. The summed E-state index contributed by atoms with van der Waals surface area (Å²) in [6, 6.07) is 10.3. The zero-order chi connectivity index (χ0) is 15.5. The van der Waals surface area contributed by atoms with Gasteiger partial charge >= 0.3 is 6.18 Å². The molecular weight excluding hydrogens is 304 g/mol. The van der Waals surface area contributed by atoms with Crippen molar-refractivity contribution in [2.75, 3.05) is 0 Å². The van der Waals surface area contributed by atoms with Gasteiger partial charge < -0.3 is 0 Å². The van der Waals surface area contributed by atoms with Crippen LogP contribution in [-0.2, 0) is 28.5 Å². The summed E-state index contributed by atoms with van der Waals surface area (Å²) in [5.41, 5.74) is 0.297. The molecule has 0 heterocycles. The van der Waals surface area contributed by atoms with Gasteiger partial charge in [0.1, 0.15) is 5.82 Å². The quantitative estimate of drug-likeness (QED) is 0.769. The normalized spacial score (nSPS) is 13.1. The molecule has 0 saturated carbocycles. The van der Waals surface area contributed by atoms with Crippen molar-refractivity contribution in [2.45, 2.75) is 17.7 Å². The summed E-state index contributed by atoms with van der Waals surface area (Å²) in [5, 5.41) is 0. The molecule has 1 atom stereocenters. The van der Waals surface area contributed by atoms with Crippen LogP contribution in [0.5, 0.6) is 0 Å². The van der Waals surface area contributed by atoms with Gasteiger partial charge in [-0.25, -0.2) is 4.39 Å². The molecule has 0 unspecified atom stereocenters. The molecule has 2 aromatic carbocycles. The first-order valence-electron chi connectivity index (χ1n) is 6.10. The van der Waals surface area contributed by atoms with Crippen molar-refractivity contribution in [3.63, 3.8) is 0 Å². The summed E-state index contributed by atoms with van der Waals surface area (Å²) in [6.45, 7) is 0. The van der Waals surface area contributed by atoms with Crippen molar-refractivity contribution in [3.05, 3.63) is 71.0 Å². The minimum atomic E-state index is -4.41. The van der Waals surface area contributed by atoms with Crippen molar-refractivity contribution < 1.29 is 21.8 Å². The van der Waals surface area contributed by atoms with Crippen LogP contribution in [-0.4, -0.2) is 4.21 Å². The number of halogens is 4. The van der Waals surface area contributed by atoms with Gasteiger partial charge in [0.05, 0.1) is 5.56 Å². The molecule has 0 amide bonds. The fraction of sp³-hybridized carbons (Fsp3) is 0.200. The Bertz CT molecular complexity index is 635. The lowest BCUT2D eigenvalue weighted by Crippen LogP contribution is -2.06. The Hall–Kier alpha value is -1.69. The Labute approximate surface area is 122 Å². The van der Waals surface area contributed by atoms with Crippen LogP contribution in [0.4, 0.5) is 17.6 Å². The van der Waals surface area contributed by atoms with E-state index in [-0.39, 0.29) is 17.3 Å². The highest BCUT2D eigenvalue weighted by Gasteiger charge is 2.30. The molecule has 0 aliphatic heterocycles. The molecule has 2 aromatic rings. The molecule has 0 aliphatic rings. The van der Waals surface area contributed by atoms with Crippen molar-refractivity contribution >= 4 is 10.8 Å². The maximum Gasteiger partial charge on any atom is 0.416 e. The Morgan fingerprint density at radius 1 is 0.905 bits per heavy atom. The lowest BCUT2D eigenvalue weighted by atomic mass is 10.1. The summed E-state index contributed by atoms with van der Waals surface area (Å²) in [5.74, 6) is -0.180. The molecule has 21 heavy (non-hydrogen) atoms. The monoisotopic (exact) mass is 316 g/mol. The molecule has 0 saturated heterocycles. The fourth-order valence-corrected chi connectivity index (χ4v) is 3.06. The molecule has 0 spiro atoms. The van der Waals surface area contributed by atoms with Gasteiger partial charge in [-0.3, -0.25) is 4.21 Å². The van der Waals surface area contributed by atoms with E-state index in [4.69, 9.17) is 0 Å². The largest absolute Gasteiger partial charge is 0.416 e. The Kier molecular flexibility index (Phi) is 4.77. The second-order valence-corrected chi connectivity index (χ2v) is 6.01. The lowest BCUT2D eigenvalue weighted by molar-refractivity contribution is -0.137. The highest BCUT2D eigenvalue weighted by molar-refractivity contribution is 7.83. The summed E-state index contributed by atoms with van der Waals surface area (Å²) in [7, 11) is -1.35. The smallest absolute Gasteiger partial charge is 0.259 e. The van der Waals surface area contributed by atoms with Gasteiger partial charge in [-0.1, -0.05) is 30.3 Å². The van der Waals surface area contributed by atoms with Crippen molar-refractivity contribution in [3.8, 4) is 0 Å². The van der Waals surface area contributed by atoms with Crippen molar-refractivity contribution in [2.24, 2.45) is 0 Å².